The van der Waals surface area contributed by atoms with Gasteiger partial charge in [-0.05, 0) is 57.8 Å². The summed E-state index contributed by atoms with van der Waals surface area (Å²) in [4.78, 5) is 11.5. The van der Waals surface area contributed by atoms with Crippen molar-refractivity contribution in [2.45, 2.75) is 91.0 Å². The van der Waals surface area contributed by atoms with Crippen molar-refractivity contribution in [3.63, 3.8) is 0 Å². The van der Waals surface area contributed by atoms with Crippen LogP contribution < -0.4 is 0 Å². The zero-order valence-electron chi connectivity index (χ0n) is 14.7. The number of hydrogen-bond donors (Lipinski definition) is 0. The Bertz CT molecular complexity index is 355. The molecule has 0 fully saturated rings. The maximum absolute atomic E-state index is 11.5. The first kappa shape index (κ1) is 18.6. The van der Waals surface area contributed by atoms with Crippen LogP contribution in [0.4, 0.5) is 0 Å². The fraction of sp³-hybridized carbons (Fsp3) is 0.833. The molecule has 1 aliphatic carbocycles. The fourth-order valence-electron chi connectivity index (χ4n) is 3.02. The molecule has 1 rings (SSSR count). The Hall–Kier alpha value is -0.413. The van der Waals surface area contributed by atoms with E-state index in [4.69, 9.17) is 4.43 Å². The molecule has 0 N–H and O–H groups in total. The average molecular weight is 311 g/mol. The van der Waals surface area contributed by atoms with E-state index in [1.165, 1.54) is 31.3 Å². The standard InChI is InChI=1S/C18H34O2Si/c1-6-7-8-9-10-18(20-21(3,4)5)17-13-11-16(12-14-17)15(2)19/h13,16,18H,6-12,14H2,1-5H3/t16-,18-/m0/s1. The summed E-state index contributed by atoms with van der Waals surface area (Å²) in [5.74, 6) is 0.595. The summed E-state index contributed by atoms with van der Waals surface area (Å²) in [5, 5.41) is 0. The molecule has 0 aromatic heterocycles. The van der Waals surface area contributed by atoms with Crippen LogP contribution in [-0.4, -0.2) is 20.2 Å². The van der Waals surface area contributed by atoms with E-state index in [1.807, 2.05) is 0 Å². The Kier molecular flexibility index (Phi) is 7.89. The van der Waals surface area contributed by atoms with Crippen LogP contribution in [0.15, 0.2) is 11.6 Å². The van der Waals surface area contributed by atoms with E-state index in [-0.39, 0.29) is 5.92 Å². The Morgan fingerprint density at radius 3 is 2.52 bits per heavy atom. The van der Waals surface area contributed by atoms with E-state index in [0.29, 0.717) is 11.9 Å². The average Bonchev–Trinajstić information content (AvgIpc) is 2.41. The van der Waals surface area contributed by atoms with Gasteiger partial charge in [-0.2, -0.15) is 0 Å². The van der Waals surface area contributed by atoms with Gasteiger partial charge in [-0.25, -0.2) is 0 Å². The monoisotopic (exact) mass is 310 g/mol. The molecule has 0 aromatic rings. The van der Waals surface area contributed by atoms with Crippen molar-refractivity contribution in [1.29, 1.82) is 0 Å². The van der Waals surface area contributed by atoms with Crippen molar-refractivity contribution in [3.8, 4) is 0 Å². The molecule has 0 unspecified atom stereocenters. The lowest BCUT2D eigenvalue weighted by Crippen LogP contribution is -2.34. The van der Waals surface area contributed by atoms with Crippen LogP contribution in [0.5, 0.6) is 0 Å². The highest BCUT2D eigenvalue weighted by molar-refractivity contribution is 6.69. The molecule has 3 heteroatoms. The van der Waals surface area contributed by atoms with Crippen LogP contribution in [0.25, 0.3) is 0 Å². The molecular formula is C18H34O2Si. The lowest BCUT2D eigenvalue weighted by molar-refractivity contribution is -0.120. The van der Waals surface area contributed by atoms with Crippen LogP contribution in [0.3, 0.4) is 0 Å². The molecule has 0 aliphatic heterocycles. The summed E-state index contributed by atoms with van der Waals surface area (Å²) in [6.07, 6.45) is 11.9. The van der Waals surface area contributed by atoms with Crippen LogP contribution >= 0.6 is 0 Å². The second-order valence-electron chi connectivity index (χ2n) is 7.43. The summed E-state index contributed by atoms with van der Waals surface area (Å²) >= 11 is 0. The maximum Gasteiger partial charge on any atom is 0.184 e. The summed E-state index contributed by atoms with van der Waals surface area (Å²) in [5.41, 5.74) is 1.46. The Morgan fingerprint density at radius 1 is 1.33 bits per heavy atom. The van der Waals surface area contributed by atoms with Crippen LogP contribution in [0, 0.1) is 5.92 Å². The summed E-state index contributed by atoms with van der Waals surface area (Å²) < 4.78 is 6.44. The van der Waals surface area contributed by atoms with E-state index in [0.717, 1.165) is 25.7 Å². The minimum Gasteiger partial charge on any atom is -0.411 e. The molecule has 1 aliphatic rings. The lowest BCUT2D eigenvalue weighted by atomic mass is 9.84. The number of unbranched alkanes of at least 4 members (excludes halogenated alkanes) is 3. The van der Waals surface area contributed by atoms with Crippen molar-refractivity contribution in [3.05, 3.63) is 11.6 Å². The molecule has 0 radical (unpaired) electrons. The lowest BCUT2D eigenvalue weighted by Gasteiger charge is -2.31. The van der Waals surface area contributed by atoms with Gasteiger partial charge in [-0.3, -0.25) is 4.79 Å². The third kappa shape index (κ3) is 7.41. The van der Waals surface area contributed by atoms with Gasteiger partial charge in [0, 0.05) is 5.92 Å². The number of allylic oxidation sites excluding steroid dienone is 1. The van der Waals surface area contributed by atoms with E-state index >= 15 is 0 Å². The summed E-state index contributed by atoms with van der Waals surface area (Å²) in [6, 6.07) is 0. The molecule has 21 heavy (non-hydrogen) atoms. The van der Waals surface area contributed by atoms with E-state index in [9.17, 15) is 4.79 Å². The first-order valence-electron chi connectivity index (χ1n) is 8.70. The van der Waals surface area contributed by atoms with Gasteiger partial charge in [-0.1, -0.05) is 38.7 Å². The van der Waals surface area contributed by atoms with Gasteiger partial charge in [0.2, 0.25) is 0 Å². The van der Waals surface area contributed by atoms with Gasteiger partial charge >= 0.3 is 0 Å². The molecule has 0 spiro atoms. The first-order chi connectivity index (χ1) is 9.83. The highest BCUT2D eigenvalue weighted by atomic mass is 28.4. The molecule has 2 nitrogen and oxygen atoms in total. The highest BCUT2D eigenvalue weighted by Crippen LogP contribution is 2.30. The number of ketones is 1. The molecule has 2 atom stereocenters. The largest absolute Gasteiger partial charge is 0.411 e. The fourth-order valence-corrected chi connectivity index (χ4v) is 4.14. The molecular weight excluding hydrogens is 276 g/mol. The predicted octanol–water partition coefficient (Wildman–Crippen LogP) is 5.49. The Balaban J connectivity index is 2.61. The molecule has 122 valence electrons. The van der Waals surface area contributed by atoms with Crippen LogP contribution in [0.1, 0.15) is 65.2 Å². The number of carbonyl (C=O) groups excluding carboxylic acids is 1. The molecule has 0 heterocycles. The Morgan fingerprint density at radius 2 is 2.05 bits per heavy atom. The van der Waals surface area contributed by atoms with Crippen molar-refractivity contribution >= 4 is 14.1 Å². The minimum atomic E-state index is -1.52. The molecule has 0 aromatic carbocycles. The van der Waals surface area contributed by atoms with Gasteiger partial charge in [0.1, 0.15) is 5.78 Å². The van der Waals surface area contributed by atoms with Gasteiger partial charge < -0.3 is 4.43 Å². The minimum absolute atomic E-state index is 0.251. The van der Waals surface area contributed by atoms with Crippen molar-refractivity contribution in [2.75, 3.05) is 0 Å². The zero-order valence-corrected chi connectivity index (χ0v) is 15.7. The van der Waals surface area contributed by atoms with Crippen LogP contribution in [0.2, 0.25) is 19.6 Å². The van der Waals surface area contributed by atoms with E-state index < -0.39 is 8.32 Å². The molecule has 0 saturated carbocycles. The van der Waals surface area contributed by atoms with Gasteiger partial charge in [0.05, 0.1) is 6.10 Å². The highest BCUT2D eigenvalue weighted by Gasteiger charge is 2.27. The van der Waals surface area contributed by atoms with Crippen LogP contribution in [-0.2, 0) is 9.22 Å². The second kappa shape index (κ2) is 8.89. The summed E-state index contributed by atoms with van der Waals surface area (Å²) in [6.45, 7) is 10.8. The van der Waals surface area contributed by atoms with Gasteiger partial charge in [0.25, 0.3) is 0 Å². The predicted molar refractivity (Wildman–Crippen MR) is 93.1 cm³/mol. The number of hydrogen-bond acceptors (Lipinski definition) is 2. The number of carbonyl (C=O) groups is 1. The SMILES string of the molecule is CCCCCC[C@H](O[Si](C)(C)C)C1=CC[C@H](C(C)=O)CC1. The normalized spacial score (nSPS) is 21.0. The number of rotatable bonds is 9. The first-order valence-corrected chi connectivity index (χ1v) is 12.1. The van der Waals surface area contributed by atoms with Crippen molar-refractivity contribution in [1.82, 2.24) is 0 Å². The quantitative estimate of drug-likeness (QED) is 0.320. The Labute approximate surface area is 132 Å². The van der Waals surface area contributed by atoms with Gasteiger partial charge in [0.15, 0.2) is 8.32 Å². The molecule has 0 saturated heterocycles. The zero-order chi connectivity index (χ0) is 15.9. The smallest absolute Gasteiger partial charge is 0.184 e. The third-order valence-corrected chi connectivity index (χ3v) is 5.24. The third-order valence-electron chi connectivity index (χ3n) is 4.25. The second-order valence-corrected chi connectivity index (χ2v) is 11.9. The van der Waals surface area contributed by atoms with Crippen molar-refractivity contribution < 1.29 is 9.22 Å². The number of Topliss-reactive ketones (excluding diaryl/α,β-unsaturated/α-hetero) is 1. The van der Waals surface area contributed by atoms with Gasteiger partial charge in [-0.15, -0.1) is 0 Å². The molecule has 0 bridgehead atoms. The summed E-state index contributed by atoms with van der Waals surface area (Å²) in [7, 11) is -1.52. The topological polar surface area (TPSA) is 26.3 Å². The molecule has 0 amide bonds. The van der Waals surface area contributed by atoms with E-state index in [2.05, 4.69) is 32.6 Å². The van der Waals surface area contributed by atoms with Crippen molar-refractivity contribution in [2.24, 2.45) is 5.92 Å². The maximum atomic E-state index is 11.5. The van der Waals surface area contributed by atoms with E-state index in [1.54, 1.807) is 6.92 Å².